The maximum Gasteiger partial charge on any atom is 0.229 e. The first kappa shape index (κ1) is 18.9. The van der Waals surface area contributed by atoms with Crippen LogP contribution in [0.15, 0.2) is 12.1 Å². The Bertz CT molecular complexity index is 619. The molecular formula is C18H26N2O5. The molecule has 7 nitrogen and oxygen atoms in total. The van der Waals surface area contributed by atoms with E-state index in [0.717, 1.165) is 0 Å². The molecule has 0 radical (unpaired) electrons. The van der Waals surface area contributed by atoms with Gasteiger partial charge in [0.15, 0.2) is 11.5 Å². The number of hydrogen-bond acceptors (Lipinski definition) is 5. The minimum absolute atomic E-state index is 0.0266. The Morgan fingerprint density at radius 2 is 1.80 bits per heavy atom. The minimum atomic E-state index is -0.356. The highest BCUT2D eigenvalue weighted by Gasteiger charge is 2.34. The Labute approximate surface area is 148 Å². The number of nitrogens with zero attached hydrogens (tertiary/aromatic N) is 1. The zero-order chi connectivity index (χ0) is 18.6. The number of carbonyl (C=O) groups is 2. The Morgan fingerprint density at radius 3 is 2.28 bits per heavy atom. The van der Waals surface area contributed by atoms with Crippen LogP contribution < -0.4 is 19.5 Å². The average molecular weight is 350 g/mol. The molecule has 1 aliphatic heterocycles. The second-order valence-corrected chi connectivity index (χ2v) is 6.50. The van der Waals surface area contributed by atoms with Gasteiger partial charge in [0, 0.05) is 37.3 Å². The van der Waals surface area contributed by atoms with E-state index in [1.807, 2.05) is 0 Å². The molecule has 1 fully saturated rings. The molecule has 0 saturated carbocycles. The number of amides is 2. The maximum atomic E-state index is 12.5. The fraction of sp³-hybridized carbons (Fsp3) is 0.556. The second-order valence-electron chi connectivity index (χ2n) is 6.50. The van der Waals surface area contributed by atoms with E-state index in [1.54, 1.807) is 17.0 Å². The van der Waals surface area contributed by atoms with Gasteiger partial charge in [-0.05, 0) is 5.92 Å². The van der Waals surface area contributed by atoms with E-state index in [9.17, 15) is 9.59 Å². The summed E-state index contributed by atoms with van der Waals surface area (Å²) < 4.78 is 15.8. The molecule has 0 aliphatic carbocycles. The molecule has 1 unspecified atom stereocenters. The number of likely N-dealkylation sites (tertiary alicyclic amines) is 1. The summed E-state index contributed by atoms with van der Waals surface area (Å²) in [5.74, 6) is 1.24. The molecule has 1 saturated heterocycles. The first-order valence-corrected chi connectivity index (χ1v) is 8.28. The van der Waals surface area contributed by atoms with Crippen molar-refractivity contribution in [2.75, 3.05) is 39.7 Å². The highest BCUT2D eigenvalue weighted by Crippen LogP contribution is 2.40. The predicted octanol–water partition coefficient (Wildman–Crippen LogP) is 2.16. The zero-order valence-electron chi connectivity index (χ0n) is 15.4. The van der Waals surface area contributed by atoms with Crippen molar-refractivity contribution in [2.45, 2.75) is 20.3 Å². The molecule has 1 aromatic rings. The molecule has 1 atom stereocenters. The van der Waals surface area contributed by atoms with E-state index in [1.165, 1.54) is 21.3 Å². The number of nitrogens with one attached hydrogen (secondary N) is 1. The van der Waals surface area contributed by atoms with Gasteiger partial charge in [0.05, 0.1) is 27.2 Å². The van der Waals surface area contributed by atoms with E-state index in [0.29, 0.717) is 41.9 Å². The van der Waals surface area contributed by atoms with Gasteiger partial charge in [0.25, 0.3) is 0 Å². The lowest BCUT2D eigenvalue weighted by molar-refractivity contribution is -0.128. The van der Waals surface area contributed by atoms with Crippen LogP contribution in [-0.4, -0.2) is 51.1 Å². The van der Waals surface area contributed by atoms with E-state index in [2.05, 4.69) is 19.2 Å². The highest BCUT2D eigenvalue weighted by molar-refractivity contribution is 5.97. The number of anilines is 1. The summed E-state index contributed by atoms with van der Waals surface area (Å²) in [7, 11) is 4.55. The molecule has 1 heterocycles. The lowest BCUT2D eigenvalue weighted by atomic mass is 10.1. The molecule has 0 aromatic heterocycles. The third-order valence-electron chi connectivity index (χ3n) is 4.10. The number of rotatable bonds is 7. The third kappa shape index (κ3) is 4.35. The van der Waals surface area contributed by atoms with Gasteiger partial charge in [0.1, 0.15) is 0 Å². The van der Waals surface area contributed by atoms with Crippen LogP contribution in [0, 0.1) is 11.8 Å². The Hall–Kier alpha value is -2.44. The van der Waals surface area contributed by atoms with Crippen molar-refractivity contribution < 1.29 is 23.8 Å². The predicted molar refractivity (Wildman–Crippen MR) is 94.3 cm³/mol. The molecule has 2 rings (SSSR count). The monoisotopic (exact) mass is 350 g/mol. The molecule has 138 valence electrons. The van der Waals surface area contributed by atoms with Gasteiger partial charge in [-0.1, -0.05) is 13.8 Å². The number of benzene rings is 1. The van der Waals surface area contributed by atoms with E-state index in [4.69, 9.17) is 14.2 Å². The molecule has 2 amide bonds. The number of ether oxygens (including phenoxy) is 3. The lowest BCUT2D eigenvalue weighted by Gasteiger charge is -2.19. The number of carbonyl (C=O) groups excluding carboxylic acids is 2. The van der Waals surface area contributed by atoms with E-state index < -0.39 is 0 Å². The molecule has 1 aliphatic rings. The summed E-state index contributed by atoms with van der Waals surface area (Å²) in [6, 6.07) is 3.34. The van der Waals surface area contributed by atoms with Crippen LogP contribution in [0.2, 0.25) is 0 Å². The first-order valence-electron chi connectivity index (χ1n) is 8.28. The van der Waals surface area contributed by atoms with Crippen LogP contribution >= 0.6 is 0 Å². The summed E-state index contributed by atoms with van der Waals surface area (Å²) in [5, 5.41) is 2.85. The van der Waals surface area contributed by atoms with Gasteiger partial charge in [0.2, 0.25) is 17.6 Å². The smallest absolute Gasteiger partial charge is 0.229 e. The molecule has 0 spiro atoms. The van der Waals surface area contributed by atoms with Crippen LogP contribution in [0.25, 0.3) is 0 Å². The third-order valence-corrected chi connectivity index (χ3v) is 4.10. The van der Waals surface area contributed by atoms with Crippen molar-refractivity contribution in [2.24, 2.45) is 11.8 Å². The highest BCUT2D eigenvalue weighted by atomic mass is 16.5. The van der Waals surface area contributed by atoms with Gasteiger partial charge >= 0.3 is 0 Å². The fourth-order valence-electron chi connectivity index (χ4n) is 2.96. The molecule has 1 N–H and O–H groups in total. The maximum absolute atomic E-state index is 12.5. The standard InChI is InChI=1S/C18H26N2O5/c1-11(2)9-20-10-12(6-16(20)21)18(22)19-13-7-14(23-3)17(25-5)15(8-13)24-4/h7-8,11-12H,6,9-10H2,1-5H3,(H,19,22). The van der Waals surface area contributed by atoms with Crippen molar-refractivity contribution in [1.82, 2.24) is 4.90 Å². The zero-order valence-corrected chi connectivity index (χ0v) is 15.4. The lowest BCUT2D eigenvalue weighted by Crippen LogP contribution is -2.31. The van der Waals surface area contributed by atoms with Gasteiger partial charge < -0.3 is 24.4 Å². The minimum Gasteiger partial charge on any atom is -0.493 e. The fourth-order valence-corrected chi connectivity index (χ4v) is 2.96. The van der Waals surface area contributed by atoms with Crippen molar-refractivity contribution in [3.05, 3.63) is 12.1 Å². The van der Waals surface area contributed by atoms with Crippen LogP contribution in [0.5, 0.6) is 17.2 Å². The number of hydrogen-bond donors (Lipinski definition) is 1. The van der Waals surface area contributed by atoms with E-state index >= 15 is 0 Å². The van der Waals surface area contributed by atoms with Crippen molar-refractivity contribution in [3.8, 4) is 17.2 Å². The normalized spacial score (nSPS) is 17.0. The van der Waals surface area contributed by atoms with E-state index in [-0.39, 0.29) is 24.2 Å². The second kappa shape index (κ2) is 8.09. The van der Waals surface area contributed by atoms with Crippen molar-refractivity contribution >= 4 is 17.5 Å². The van der Waals surface area contributed by atoms with Gasteiger partial charge in [-0.2, -0.15) is 0 Å². The topological polar surface area (TPSA) is 77.1 Å². The van der Waals surface area contributed by atoms with Crippen LogP contribution in [0.3, 0.4) is 0 Å². The first-order chi connectivity index (χ1) is 11.9. The summed E-state index contributed by atoms with van der Waals surface area (Å²) in [6.45, 7) is 5.23. The summed E-state index contributed by atoms with van der Waals surface area (Å²) in [6.07, 6.45) is 0.239. The largest absolute Gasteiger partial charge is 0.493 e. The molecule has 0 bridgehead atoms. The van der Waals surface area contributed by atoms with Crippen molar-refractivity contribution in [1.29, 1.82) is 0 Å². The summed E-state index contributed by atoms with van der Waals surface area (Å²) in [5.41, 5.74) is 0.536. The summed E-state index contributed by atoms with van der Waals surface area (Å²) >= 11 is 0. The van der Waals surface area contributed by atoms with Gasteiger partial charge in [-0.25, -0.2) is 0 Å². The summed E-state index contributed by atoms with van der Waals surface area (Å²) in [4.78, 5) is 26.3. The molecule has 25 heavy (non-hydrogen) atoms. The average Bonchev–Trinajstić information content (AvgIpc) is 2.94. The molecule has 1 aromatic carbocycles. The van der Waals surface area contributed by atoms with Crippen LogP contribution in [0.4, 0.5) is 5.69 Å². The van der Waals surface area contributed by atoms with Gasteiger partial charge in [-0.3, -0.25) is 9.59 Å². The Morgan fingerprint density at radius 1 is 1.20 bits per heavy atom. The Balaban J connectivity index is 2.12. The van der Waals surface area contributed by atoms with Gasteiger partial charge in [-0.15, -0.1) is 0 Å². The number of methoxy groups -OCH3 is 3. The van der Waals surface area contributed by atoms with Crippen LogP contribution in [0.1, 0.15) is 20.3 Å². The SMILES string of the molecule is COc1cc(NC(=O)C2CC(=O)N(CC(C)C)C2)cc(OC)c1OC. The Kier molecular flexibility index (Phi) is 6.12. The van der Waals surface area contributed by atoms with Crippen molar-refractivity contribution in [3.63, 3.8) is 0 Å². The quantitative estimate of drug-likeness (QED) is 0.815. The molecule has 7 heteroatoms. The molecular weight excluding hydrogens is 324 g/mol. The van der Waals surface area contributed by atoms with Crippen LogP contribution in [-0.2, 0) is 9.59 Å².